The largest absolute Gasteiger partial charge is 0.467 e. The van der Waals surface area contributed by atoms with Crippen LogP contribution >= 0.6 is 0 Å². The maximum Gasteiger partial charge on any atom is 0.222 e. The van der Waals surface area contributed by atoms with Gasteiger partial charge in [-0.05, 0) is 29.7 Å². The first-order valence-electron chi connectivity index (χ1n) is 8.39. The molecule has 2 atom stereocenters. The summed E-state index contributed by atoms with van der Waals surface area (Å²) in [6, 6.07) is 11.0. The zero-order chi connectivity index (χ0) is 17.8. The molecule has 2 amide bonds. The molecule has 3 rings (SSSR count). The van der Waals surface area contributed by atoms with E-state index in [2.05, 4.69) is 5.32 Å². The minimum Gasteiger partial charge on any atom is -0.467 e. The summed E-state index contributed by atoms with van der Waals surface area (Å²) in [4.78, 5) is 26.1. The van der Waals surface area contributed by atoms with Crippen LogP contribution in [0.2, 0.25) is 0 Å². The van der Waals surface area contributed by atoms with Crippen LogP contribution in [0.25, 0.3) is 0 Å². The number of rotatable bonds is 5. The highest BCUT2D eigenvalue weighted by molar-refractivity contribution is 5.79. The minimum absolute atomic E-state index is 0.0390. The van der Waals surface area contributed by atoms with Gasteiger partial charge in [0.25, 0.3) is 0 Å². The predicted molar refractivity (Wildman–Crippen MR) is 91.6 cm³/mol. The summed E-state index contributed by atoms with van der Waals surface area (Å²) in [5.74, 6) is 0.162. The highest BCUT2D eigenvalue weighted by atomic mass is 16.4. The molecule has 25 heavy (non-hydrogen) atoms. The minimum atomic E-state index is -0.887. The number of hydrogen-bond acceptors (Lipinski definition) is 4. The summed E-state index contributed by atoms with van der Waals surface area (Å²) in [5, 5.41) is 12.7. The molecular formula is C19H22N2O4. The lowest BCUT2D eigenvalue weighted by Gasteiger charge is -2.36. The van der Waals surface area contributed by atoms with Crippen LogP contribution in [0.15, 0.2) is 47.1 Å². The van der Waals surface area contributed by atoms with Gasteiger partial charge in [-0.3, -0.25) is 9.59 Å². The van der Waals surface area contributed by atoms with Crippen molar-refractivity contribution in [3.63, 3.8) is 0 Å². The number of amides is 2. The Kier molecular flexibility index (Phi) is 5.19. The van der Waals surface area contributed by atoms with E-state index in [1.807, 2.05) is 24.3 Å². The van der Waals surface area contributed by atoms with Gasteiger partial charge in [0.2, 0.25) is 11.8 Å². The van der Waals surface area contributed by atoms with Gasteiger partial charge in [0.05, 0.1) is 25.3 Å². The molecule has 0 spiro atoms. The van der Waals surface area contributed by atoms with E-state index in [4.69, 9.17) is 4.42 Å². The number of nitrogens with one attached hydrogen (secondary N) is 1. The third kappa shape index (κ3) is 3.91. The lowest BCUT2D eigenvalue weighted by atomic mass is 9.90. The Hall–Kier alpha value is -2.60. The van der Waals surface area contributed by atoms with E-state index in [-0.39, 0.29) is 30.8 Å². The van der Waals surface area contributed by atoms with E-state index in [9.17, 15) is 14.7 Å². The van der Waals surface area contributed by atoms with Crippen molar-refractivity contribution in [2.24, 2.45) is 0 Å². The van der Waals surface area contributed by atoms with E-state index in [1.54, 1.807) is 17.0 Å². The molecule has 0 fully saturated rings. The maximum absolute atomic E-state index is 12.4. The van der Waals surface area contributed by atoms with Crippen molar-refractivity contribution in [2.75, 3.05) is 13.1 Å². The summed E-state index contributed by atoms with van der Waals surface area (Å²) in [6.07, 6.45) is 1.55. The smallest absolute Gasteiger partial charge is 0.222 e. The Morgan fingerprint density at radius 1 is 1.32 bits per heavy atom. The van der Waals surface area contributed by atoms with Gasteiger partial charge >= 0.3 is 0 Å². The van der Waals surface area contributed by atoms with E-state index in [0.717, 1.165) is 12.0 Å². The number of benzene rings is 1. The molecule has 2 aromatic rings. The highest BCUT2D eigenvalue weighted by Crippen LogP contribution is 2.32. The van der Waals surface area contributed by atoms with Crippen LogP contribution in [0.5, 0.6) is 0 Å². The molecule has 1 aliphatic rings. The van der Waals surface area contributed by atoms with E-state index in [0.29, 0.717) is 12.3 Å². The zero-order valence-electron chi connectivity index (χ0n) is 14.1. The van der Waals surface area contributed by atoms with E-state index in [1.165, 1.54) is 18.8 Å². The molecular weight excluding hydrogens is 320 g/mol. The predicted octanol–water partition coefficient (Wildman–Crippen LogP) is 1.97. The van der Waals surface area contributed by atoms with Crippen molar-refractivity contribution < 1.29 is 19.1 Å². The molecule has 0 saturated heterocycles. The van der Waals surface area contributed by atoms with Crippen LogP contribution in [0, 0.1) is 0 Å². The van der Waals surface area contributed by atoms with Crippen molar-refractivity contribution >= 4 is 11.8 Å². The Balaban J connectivity index is 1.66. The van der Waals surface area contributed by atoms with Crippen LogP contribution in [0.3, 0.4) is 0 Å². The quantitative estimate of drug-likeness (QED) is 0.870. The van der Waals surface area contributed by atoms with Crippen molar-refractivity contribution in [1.29, 1.82) is 0 Å². The Morgan fingerprint density at radius 3 is 2.84 bits per heavy atom. The van der Waals surface area contributed by atoms with Gasteiger partial charge in [-0.25, -0.2) is 0 Å². The van der Waals surface area contributed by atoms with Crippen molar-refractivity contribution in [1.82, 2.24) is 10.2 Å². The van der Waals surface area contributed by atoms with Gasteiger partial charge in [0, 0.05) is 13.5 Å². The standard InChI is InChI=1S/C19H22N2O4/c1-13(22)21-9-8-14-5-2-3-6-15(14)16(21)11-19(24)20-12-17(23)18-7-4-10-25-18/h2-7,10,16-17,23H,8-9,11-12H2,1H3,(H,20,24). The molecule has 0 aliphatic carbocycles. The molecule has 0 bridgehead atoms. The molecule has 0 saturated carbocycles. The van der Waals surface area contributed by atoms with Gasteiger partial charge in [0.15, 0.2) is 0 Å². The molecule has 132 valence electrons. The number of fused-ring (bicyclic) bond motifs is 1. The van der Waals surface area contributed by atoms with Crippen molar-refractivity contribution in [3.8, 4) is 0 Å². The van der Waals surface area contributed by atoms with Gasteiger partial charge in [0.1, 0.15) is 11.9 Å². The molecule has 6 heteroatoms. The first-order chi connectivity index (χ1) is 12.1. The van der Waals surface area contributed by atoms with Gasteiger partial charge < -0.3 is 19.7 Å². The number of furan rings is 1. The average molecular weight is 342 g/mol. The second-order valence-corrected chi connectivity index (χ2v) is 6.22. The summed E-state index contributed by atoms with van der Waals surface area (Å²) >= 11 is 0. The summed E-state index contributed by atoms with van der Waals surface area (Å²) in [6.45, 7) is 2.21. The maximum atomic E-state index is 12.4. The fraction of sp³-hybridized carbons (Fsp3) is 0.368. The average Bonchev–Trinajstić information content (AvgIpc) is 3.14. The molecule has 1 aromatic carbocycles. The highest BCUT2D eigenvalue weighted by Gasteiger charge is 2.30. The number of aliphatic hydroxyl groups is 1. The SMILES string of the molecule is CC(=O)N1CCc2ccccc2C1CC(=O)NCC(O)c1ccco1. The number of carbonyl (C=O) groups excluding carboxylic acids is 2. The lowest BCUT2D eigenvalue weighted by Crippen LogP contribution is -2.41. The molecule has 2 heterocycles. The molecule has 6 nitrogen and oxygen atoms in total. The number of carbonyl (C=O) groups is 2. The Morgan fingerprint density at radius 2 is 2.12 bits per heavy atom. The normalized spacial score (nSPS) is 17.7. The summed E-state index contributed by atoms with van der Waals surface area (Å²) in [7, 11) is 0. The fourth-order valence-corrected chi connectivity index (χ4v) is 3.29. The van der Waals surface area contributed by atoms with Crippen LogP contribution in [0.1, 0.15) is 42.4 Å². The second kappa shape index (κ2) is 7.53. The number of hydrogen-bond donors (Lipinski definition) is 2. The summed E-state index contributed by atoms with van der Waals surface area (Å²) in [5.41, 5.74) is 2.19. The van der Waals surface area contributed by atoms with Crippen LogP contribution < -0.4 is 5.32 Å². The topological polar surface area (TPSA) is 82.8 Å². The van der Waals surface area contributed by atoms with E-state index < -0.39 is 6.10 Å². The van der Waals surface area contributed by atoms with Crippen molar-refractivity contribution in [3.05, 3.63) is 59.5 Å². The number of aliphatic hydroxyl groups excluding tert-OH is 1. The van der Waals surface area contributed by atoms with Crippen LogP contribution in [-0.4, -0.2) is 34.9 Å². The molecule has 2 N–H and O–H groups in total. The third-order valence-electron chi connectivity index (χ3n) is 4.56. The van der Waals surface area contributed by atoms with Gasteiger partial charge in [-0.1, -0.05) is 24.3 Å². The molecule has 1 aliphatic heterocycles. The first kappa shape index (κ1) is 17.2. The molecule has 2 unspecified atom stereocenters. The summed E-state index contributed by atoms with van der Waals surface area (Å²) < 4.78 is 5.12. The van der Waals surface area contributed by atoms with Crippen LogP contribution in [-0.2, 0) is 16.0 Å². The second-order valence-electron chi connectivity index (χ2n) is 6.22. The van der Waals surface area contributed by atoms with Gasteiger partial charge in [-0.15, -0.1) is 0 Å². The Bertz CT molecular complexity index is 742. The molecule has 0 radical (unpaired) electrons. The third-order valence-corrected chi connectivity index (χ3v) is 4.56. The zero-order valence-corrected chi connectivity index (χ0v) is 14.1. The van der Waals surface area contributed by atoms with Crippen molar-refractivity contribution in [2.45, 2.75) is 31.9 Å². The first-order valence-corrected chi connectivity index (χ1v) is 8.39. The van der Waals surface area contributed by atoms with Crippen LogP contribution in [0.4, 0.5) is 0 Å². The fourth-order valence-electron chi connectivity index (χ4n) is 3.29. The monoisotopic (exact) mass is 342 g/mol. The Labute approximate surface area is 146 Å². The molecule has 1 aromatic heterocycles. The van der Waals surface area contributed by atoms with Gasteiger partial charge in [-0.2, -0.15) is 0 Å². The van der Waals surface area contributed by atoms with E-state index >= 15 is 0 Å². The lowest BCUT2D eigenvalue weighted by molar-refractivity contribution is -0.133. The number of nitrogens with zero attached hydrogens (tertiary/aromatic N) is 1.